The summed E-state index contributed by atoms with van der Waals surface area (Å²) in [7, 11) is 1.26. The van der Waals surface area contributed by atoms with Gasteiger partial charge < -0.3 is 10.1 Å². The lowest BCUT2D eigenvalue weighted by Crippen LogP contribution is -2.41. The third kappa shape index (κ3) is 3.56. The number of nitrogens with one attached hydrogen (secondary N) is 2. The normalized spacial score (nSPS) is 11.4. The summed E-state index contributed by atoms with van der Waals surface area (Å²) in [5, 5.41) is 4.90. The number of anilines is 1. The van der Waals surface area contributed by atoms with Crippen LogP contribution in [0.4, 0.5) is 10.6 Å². The van der Waals surface area contributed by atoms with Gasteiger partial charge in [-0.2, -0.15) is 0 Å². The summed E-state index contributed by atoms with van der Waals surface area (Å²) in [4.78, 5) is 26.3. The number of hydrogen-bond acceptors (Lipinski definition) is 4. The molecule has 16 heavy (non-hydrogen) atoms. The summed E-state index contributed by atoms with van der Waals surface area (Å²) < 4.78 is 4.47. The van der Waals surface area contributed by atoms with Crippen LogP contribution >= 0.6 is 0 Å². The maximum Gasteiger partial charge on any atom is 0.328 e. The van der Waals surface area contributed by atoms with Crippen molar-refractivity contribution in [2.24, 2.45) is 0 Å². The van der Waals surface area contributed by atoms with Crippen LogP contribution in [0.5, 0.6) is 0 Å². The van der Waals surface area contributed by atoms with E-state index in [1.54, 1.807) is 24.4 Å². The Labute approximate surface area is 93.0 Å². The van der Waals surface area contributed by atoms with Gasteiger partial charge >= 0.3 is 12.0 Å². The van der Waals surface area contributed by atoms with E-state index in [1.165, 1.54) is 14.0 Å². The highest BCUT2D eigenvalue weighted by Crippen LogP contribution is 1.99. The lowest BCUT2D eigenvalue weighted by Gasteiger charge is -2.11. The Morgan fingerprint density at radius 3 is 2.75 bits per heavy atom. The summed E-state index contributed by atoms with van der Waals surface area (Å²) >= 11 is 0. The molecule has 2 amide bonds. The van der Waals surface area contributed by atoms with E-state index >= 15 is 0 Å². The van der Waals surface area contributed by atoms with Crippen molar-refractivity contribution in [1.29, 1.82) is 0 Å². The molecule has 0 aromatic carbocycles. The lowest BCUT2D eigenvalue weighted by molar-refractivity contribution is -0.142. The molecule has 1 aromatic rings. The van der Waals surface area contributed by atoms with Crippen LogP contribution < -0.4 is 10.6 Å². The number of hydrogen-bond donors (Lipinski definition) is 2. The number of carbonyl (C=O) groups excluding carboxylic acids is 2. The Morgan fingerprint density at radius 2 is 2.19 bits per heavy atom. The molecular formula is C10H13N3O3. The molecule has 0 radical (unpaired) electrons. The van der Waals surface area contributed by atoms with E-state index < -0.39 is 18.0 Å². The molecular weight excluding hydrogens is 210 g/mol. The van der Waals surface area contributed by atoms with Crippen molar-refractivity contribution in [1.82, 2.24) is 10.3 Å². The van der Waals surface area contributed by atoms with Crippen LogP contribution in [-0.4, -0.2) is 30.1 Å². The van der Waals surface area contributed by atoms with Gasteiger partial charge in [-0.3, -0.25) is 5.32 Å². The predicted molar refractivity (Wildman–Crippen MR) is 57.9 cm³/mol. The SMILES string of the molecule is COC(=O)C(C)NC(=O)Nc1ccccn1. The van der Waals surface area contributed by atoms with Gasteiger partial charge in [0.15, 0.2) is 0 Å². The third-order valence-electron chi connectivity index (χ3n) is 1.81. The number of nitrogens with zero attached hydrogens (tertiary/aromatic N) is 1. The second-order valence-corrected chi connectivity index (χ2v) is 3.06. The topological polar surface area (TPSA) is 80.3 Å². The first kappa shape index (κ1) is 12.0. The molecule has 0 aliphatic carbocycles. The number of methoxy groups -OCH3 is 1. The first-order chi connectivity index (χ1) is 7.63. The van der Waals surface area contributed by atoms with Crippen LogP contribution in [-0.2, 0) is 9.53 Å². The Hall–Kier alpha value is -2.11. The molecule has 1 aromatic heterocycles. The zero-order valence-electron chi connectivity index (χ0n) is 9.06. The number of urea groups is 1. The van der Waals surface area contributed by atoms with Crippen LogP contribution in [0.1, 0.15) is 6.92 Å². The first-order valence-corrected chi connectivity index (χ1v) is 4.70. The van der Waals surface area contributed by atoms with E-state index in [-0.39, 0.29) is 0 Å². The zero-order chi connectivity index (χ0) is 12.0. The number of esters is 1. The fraction of sp³-hybridized carbons (Fsp3) is 0.300. The molecule has 1 rings (SSSR count). The molecule has 0 aliphatic heterocycles. The molecule has 1 heterocycles. The zero-order valence-corrected chi connectivity index (χ0v) is 9.06. The van der Waals surface area contributed by atoms with Gasteiger partial charge in [-0.1, -0.05) is 6.07 Å². The van der Waals surface area contributed by atoms with Crippen molar-refractivity contribution in [2.75, 3.05) is 12.4 Å². The van der Waals surface area contributed by atoms with Gasteiger partial charge in [0.1, 0.15) is 11.9 Å². The van der Waals surface area contributed by atoms with Crippen molar-refractivity contribution < 1.29 is 14.3 Å². The average molecular weight is 223 g/mol. The molecule has 86 valence electrons. The number of carbonyl (C=O) groups is 2. The second kappa shape index (κ2) is 5.69. The van der Waals surface area contributed by atoms with E-state index in [4.69, 9.17) is 0 Å². The molecule has 2 N–H and O–H groups in total. The van der Waals surface area contributed by atoms with Crippen molar-refractivity contribution in [3.05, 3.63) is 24.4 Å². The van der Waals surface area contributed by atoms with Crippen molar-refractivity contribution in [3.63, 3.8) is 0 Å². The second-order valence-electron chi connectivity index (χ2n) is 3.06. The molecule has 6 nitrogen and oxygen atoms in total. The smallest absolute Gasteiger partial charge is 0.328 e. The van der Waals surface area contributed by atoms with Crippen LogP contribution in [0, 0.1) is 0 Å². The van der Waals surface area contributed by atoms with E-state index in [2.05, 4.69) is 20.4 Å². The van der Waals surface area contributed by atoms with Gasteiger partial charge in [0, 0.05) is 6.20 Å². The van der Waals surface area contributed by atoms with Crippen molar-refractivity contribution >= 4 is 17.8 Å². The van der Waals surface area contributed by atoms with Gasteiger partial charge in [0.25, 0.3) is 0 Å². The van der Waals surface area contributed by atoms with Crippen molar-refractivity contribution in [2.45, 2.75) is 13.0 Å². The largest absolute Gasteiger partial charge is 0.467 e. The standard InChI is InChI=1S/C10H13N3O3/c1-7(9(14)16-2)12-10(15)13-8-5-3-4-6-11-8/h3-7H,1-2H3,(H2,11,12,13,15). The number of aromatic nitrogens is 1. The first-order valence-electron chi connectivity index (χ1n) is 4.70. The molecule has 0 saturated heterocycles. The number of ether oxygens (including phenoxy) is 1. The Kier molecular flexibility index (Phi) is 4.26. The molecule has 0 spiro atoms. The van der Waals surface area contributed by atoms with Gasteiger partial charge in [-0.05, 0) is 19.1 Å². The minimum atomic E-state index is -0.700. The highest BCUT2D eigenvalue weighted by Gasteiger charge is 2.15. The summed E-state index contributed by atoms with van der Waals surface area (Å²) in [6.07, 6.45) is 1.55. The highest BCUT2D eigenvalue weighted by atomic mass is 16.5. The maximum absolute atomic E-state index is 11.4. The van der Waals surface area contributed by atoms with Crippen LogP contribution in [0.25, 0.3) is 0 Å². The fourth-order valence-corrected chi connectivity index (χ4v) is 1.02. The molecule has 0 aliphatic rings. The van der Waals surface area contributed by atoms with Gasteiger partial charge in [0.05, 0.1) is 7.11 Å². The Morgan fingerprint density at radius 1 is 1.44 bits per heavy atom. The van der Waals surface area contributed by atoms with E-state index in [0.29, 0.717) is 5.82 Å². The van der Waals surface area contributed by atoms with E-state index in [0.717, 1.165) is 0 Å². The van der Waals surface area contributed by atoms with Crippen molar-refractivity contribution in [3.8, 4) is 0 Å². The molecule has 0 saturated carbocycles. The predicted octanol–water partition coefficient (Wildman–Crippen LogP) is 0.765. The third-order valence-corrected chi connectivity index (χ3v) is 1.81. The van der Waals surface area contributed by atoms with Crippen LogP contribution in [0.2, 0.25) is 0 Å². The van der Waals surface area contributed by atoms with Crippen LogP contribution in [0.15, 0.2) is 24.4 Å². The summed E-state index contributed by atoms with van der Waals surface area (Å²) in [5.41, 5.74) is 0. The molecule has 6 heteroatoms. The average Bonchev–Trinajstić information content (AvgIpc) is 2.29. The maximum atomic E-state index is 11.4. The monoisotopic (exact) mass is 223 g/mol. The van der Waals surface area contributed by atoms with E-state index in [9.17, 15) is 9.59 Å². The molecule has 0 bridgehead atoms. The number of amides is 2. The van der Waals surface area contributed by atoms with E-state index in [1.807, 2.05) is 0 Å². The number of rotatable bonds is 3. The fourth-order valence-electron chi connectivity index (χ4n) is 1.02. The highest BCUT2D eigenvalue weighted by molar-refractivity contribution is 5.91. The Balaban J connectivity index is 2.45. The summed E-state index contributed by atoms with van der Waals surface area (Å²) in [5.74, 6) is -0.0896. The number of pyridine rings is 1. The summed E-state index contributed by atoms with van der Waals surface area (Å²) in [6.45, 7) is 1.53. The quantitative estimate of drug-likeness (QED) is 0.741. The summed E-state index contributed by atoms with van der Waals surface area (Å²) in [6, 6.07) is 3.92. The molecule has 1 atom stereocenters. The molecule has 0 fully saturated rings. The van der Waals surface area contributed by atoms with Crippen LogP contribution in [0.3, 0.4) is 0 Å². The minimum absolute atomic E-state index is 0.414. The lowest BCUT2D eigenvalue weighted by atomic mass is 10.3. The van der Waals surface area contributed by atoms with Gasteiger partial charge in [-0.15, -0.1) is 0 Å². The van der Waals surface area contributed by atoms with Gasteiger partial charge in [-0.25, -0.2) is 14.6 Å². The van der Waals surface area contributed by atoms with Gasteiger partial charge in [0.2, 0.25) is 0 Å². The minimum Gasteiger partial charge on any atom is -0.467 e. The Bertz CT molecular complexity index is 367. The molecule has 1 unspecified atom stereocenters.